The second-order valence-corrected chi connectivity index (χ2v) is 15.9. The monoisotopic (exact) mass is 780 g/mol. The number of phosphoric ester groups is 1. The molecule has 0 bridgehead atoms. The maximum absolute atomic E-state index is 12.7. The van der Waals surface area contributed by atoms with Crippen LogP contribution in [0.1, 0.15) is 168 Å². The van der Waals surface area contributed by atoms with Crippen molar-refractivity contribution in [2.45, 2.75) is 211 Å². The number of hydrogen-bond donors (Lipinski definition) is 6. The Hall–Kier alpha value is -1.41. The molecule has 6 atom stereocenters. The molecule has 0 heterocycles. The minimum Gasteiger partial charge on any atom is -0.462 e. The summed E-state index contributed by atoms with van der Waals surface area (Å²) in [5.74, 6) is -1.11. The maximum Gasteiger partial charge on any atom is 0.472 e. The molecule has 0 aromatic heterocycles. The quantitative estimate of drug-likeness (QED) is 0.0177. The van der Waals surface area contributed by atoms with Crippen LogP contribution in [-0.2, 0) is 32.7 Å². The Morgan fingerprint density at radius 2 is 0.962 bits per heavy atom. The van der Waals surface area contributed by atoms with Gasteiger partial charge in [-0.05, 0) is 38.5 Å². The SMILES string of the molecule is CCCCCCCC/C=C\CCCCCCCCCC(=O)OC(COC(=O)CCCCCCCCC)COP(=O)(O)OC1C(O)C(O)C(O)C(O)C1O. The van der Waals surface area contributed by atoms with Gasteiger partial charge in [0.15, 0.2) is 6.10 Å². The molecule has 0 spiro atoms. The number of allylic oxidation sites excluding steroid dienone is 2. The molecular weight excluding hydrogens is 707 g/mol. The Morgan fingerprint density at radius 3 is 1.43 bits per heavy atom. The van der Waals surface area contributed by atoms with E-state index < -0.39 is 75.7 Å². The van der Waals surface area contributed by atoms with Gasteiger partial charge in [0.05, 0.1) is 6.61 Å². The molecule has 6 unspecified atom stereocenters. The fourth-order valence-electron chi connectivity index (χ4n) is 6.22. The van der Waals surface area contributed by atoms with Crippen molar-refractivity contribution >= 4 is 19.8 Å². The van der Waals surface area contributed by atoms with E-state index in [1.807, 2.05) is 0 Å². The van der Waals surface area contributed by atoms with Gasteiger partial charge in [-0.3, -0.25) is 18.6 Å². The molecule has 0 saturated heterocycles. The summed E-state index contributed by atoms with van der Waals surface area (Å²) in [6.45, 7) is 3.21. The van der Waals surface area contributed by atoms with E-state index in [4.69, 9.17) is 18.5 Å². The first kappa shape index (κ1) is 49.6. The smallest absolute Gasteiger partial charge is 0.462 e. The van der Waals surface area contributed by atoms with E-state index in [9.17, 15) is 44.6 Å². The average Bonchev–Trinajstić information content (AvgIpc) is 3.13. The van der Waals surface area contributed by atoms with Crippen molar-refractivity contribution in [2.75, 3.05) is 13.2 Å². The lowest BCUT2D eigenvalue weighted by molar-refractivity contribution is -0.220. The van der Waals surface area contributed by atoms with Gasteiger partial charge in [0.2, 0.25) is 0 Å². The zero-order chi connectivity index (χ0) is 39.3. The molecule has 0 amide bonds. The first-order valence-electron chi connectivity index (χ1n) is 20.5. The Labute approximate surface area is 318 Å². The van der Waals surface area contributed by atoms with Crippen molar-refractivity contribution in [1.82, 2.24) is 0 Å². The second-order valence-electron chi connectivity index (χ2n) is 14.5. The van der Waals surface area contributed by atoms with E-state index in [0.717, 1.165) is 64.2 Å². The number of aliphatic hydroxyl groups excluding tert-OH is 5. The standard InChI is InChI=1S/C39H73O13P/c1-3-5-7-9-11-12-13-14-15-16-17-18-19-20-22-24-26-28-33(41)51-31(29-49-32(40)27-25-23-21-10-8-6-4-2)30-50-53(47,48)52-39-37(45)35(43)34(42)36(44)38(39)46/h14-15,31,34-39,42-46H,3-13,16-30H2,1-2H3,(H,47,48)/b15-14-. The molecule has 13 nitrogen and oxygen atoms in total. The van der Waals surface area contributed by atoms with E-state index in [0.29, 0.717) is 12.8 Å². The van der Waals surface area contributed by atoms with Crippen LogP contribution in [0, 0.1) is 0 Å². The van der Waals surface area contributed by atoms with E-state index >= 15 is 0 Å². The summed E-state index contributed by atoms with van der Waals surface area (Å²) >= 11 is 0. The molecule has 1 fully saturated rings. The van der Waals surface area contributed by atoms with Crippen LogP contribution in [0.5, 0.6) is 0 Å². The number of aliphatic hydroxyl groups is 5. The van der Waals surface area contributed by atoms with Gasteiger partial charge in [0, 0.05) is 12.8 Å². The minimum absolute atomic E-state index is 0.0950. The average molecular weight is 781 g/mol. The fourth-order valence-corrected chi connectivity index (χ4v) is 7.19. The summed E-state index contributed by atoms with van der Waals surface area (Å²) in [4.78, 5) is 35.4. The molecule has 0 aliphatic heterocycles. The lowest BCUT2D eigenvalue weighted by Crippen LogP contribution is -2.64. The van der Waals surface area contributed by atoms with Crippen molar-refractivity contribution in [2.24, 2.45) is 0 Å². The number of unbranched alkanes of at least 4 members (excludes halogenated alkanes) is 19. The van der Waals surface area contributed by atoms with Crippen molar-refractivity contribution in [3.05, 3.63) is 12.2 Å². The van der Waals surface area contributed by atoms with Crippen LogP contribution in [0.3, 0.4) is 0 Å². The topological polar surface area (TPSA) is 210 Å². The summed E-state index contributed by atoms with van der Waals surface area (Å²) < 4.78 is 33.3. The van der Waals surface area contributed by atoms with Crippen LogP contribution in [0.25, 0.3) is 0 Å². The van der Waals surface area contributed by atoms with Crippen molar-refractivity contribution < 1.29 is 63.1 Å². The molecule has 312 valence electrons. The molecule has 1 aliphatic carbocycles. The summed E-state index contributed by atoms with van der Waals surface area (Å²) in [6.07, 6.45) is 16.0. The predicted molar refractivity (Wildman–Crippen MR) is 203 cm³/mol. The van der Waals surface area contributed by atoms with Gasteiger partial charge in [-0.25, -0.2) is 4.57 Å². The molecule has 1 aliphatic rings. The molecule has 6 N–H and O–H groups in total. The van der Waals surface area contributed by atoms with Crippen LogP contribution in [0.15, 0.2) is 12.2 Å². The number of rotatable bonds is 33. The fraction of sp³-hybridized carbons (Fsp3) is 0.897. The number of ether oxygens (including phenoxy) is 2. The zero-order valence-electron chi connectivity index (χ0n) is 32.6. The Morgan fingerprint density at radius 1 is 0.566 bits per heavy atom. The van der Waals surface area contributed by atoms with Gasteiger partial charge in [-0.2, -0.15) is 0 Å². The number of phosphoric acid groups is 1. The molecule has 53 heavy (non-hydrogen) atoms. The molecule has 14 heteroatoms. The van der Waals surface area contributed by atoms with Crippen LogP contribution in [0.2, 0.25) is 0 Å². The Balaban J connectivity index is 2.46. The number of carbonyl (C=O) groups is 2. The van der Waals surface area contributed by atoms with Crippen LogP contribution in [-0.4, -0.2) is 98.3 Å². The van der Waals surface area contributed by atoms with Crippen LogP contribution >= 0.6 is 7.82 Å². The first-order chi connectivity index (χ1) is 25.4. The molecule has 1 rings (SSSR count). The number of esters is 2. The Kier molecular flexibility index (Phi) is 28.8. The Bertz CT molecular complexity index is 996. The molecule has 0 aromatic rings. The summed E-state index contributed by atoms with van der Waals surface area (Å²) in [6, 6.07) is 0. The highest BCUT2D eigenvalue weighted by Gasteiger charge is 2.51. The van der Waals surface area contributed by atoms with E-state index in [2.05, 4.69) is 26.0 Å². The summed E-state index contributed by atoms with van der Waals surface area (Å²) in [5, 5.41) is 49.9. The largest absolute Gasteiger partial charge is 0.472 e. The number of hydrogen-bond acceptors (Lipinski definition) is 12. The third-order valence-corrected chi connectivity index (χ3v) is 10.6. The highest BCUT2D eigenvalue weighted by Crippen LogP contribution is 2.47. The molecule has 0 radical (unpaired) electrons. The summed E-state index contributed by atoms with van der Waals surface area (Å²) in [7, 11) is -5.10. The highest BCUT2D eigenvalue weighted by atomic mass is 31.2. The third-order valence-electron chi connectivity index (χ3n) is 9.61. The predicted octanol–water partition coefficient (Wildman–Crippen LogP) is 6.72. The summed E-state index contributed by atoms with van der Waals surface area (Å²) in [5.41, 5.74) is 0. The third kappa shape index (κ3) is 24.0. The lowest BCUT2D eigenvalue weighted by Gasteiger charge is -2.41. The van der Waals surface area contributed by atoms with E-state index in [1.54, 1.807) is 0 Å². The first-order valence-corrected chi connectivity index (χ1v) is 22.0. The van der Waals surface area contributed by atoms with Crippen molar-refractivity contribution in [3.63, 3.8) is 0 Å². The minimum atomic E-state index is -5.10. The van der Waals surface area contributed by atoms with Gasteiger partial charge < -0.3 is 39.9 Å². The van der Waals surface area contributed by atoms with E-state index in [-0.39, 0.29) is 12.8 Å². The van der Waals surface area contributed by atoms with Crippen LogP contribution < -0.4 is 0 Å². The van der Waals surface area contributed by atoms with Crippen molar-refractivity contribution in [3.8, 4) is 0 Å². The van der Waals surface area contributed by atoms with Gasteiger partial charge in [0.25, 0.3) is 0 Å². The second kappa shape index (κ2) is 30.8. The van der Waals surface area contributed by atoms with Gasteiger partial charge in [0.1, 0.15) is 43.2 Å². The lowest BCUT2D eigenvalue weighted by atomic mass is 9.85. The highest BCUT2D eigenvalue weighted by molar-refractivity contribution is 7.47. The molecular formula is C39H73O13P. The van der Waals surface area contributed by atoms with Gasteiger partial charge >= 0.3 is 19.8 Å². The molecule has 0 aromatic carbocycles. The van der Waals surface area contributed by atoms with Gasteiger partial charge in [-0.15, -0.1) is 0 Å². The molecule has 1 saturated carbocycles. The normalized spacial score (nSPS) is 23.5. The van der Waals surface area contributed by atoms with Crippen LogP contribution in [0.4, 0.5) is 0 Å². The maximum atomic E-state index is 12.7. The van der Waals surface area contributed by atoms with Crippen molar-refractivity contribution in [1.29, 1.82) is 0 Å². The number of carbonyl (C=O) groups excluding carboxylic acids is 2. The zero-order valence-corrected chi connectivity index (χ0v) is 33.5. The van der Waals surface area contributed by atoms with E-state index in [1.165, 1.54) is 64.2 Å². The van der Waals surface area contributed by atoms with Gasteiger partial charge in [-0.1, -0.05) is 129 Å².